The quantitative estimate of drug-likeness (QED) is 0.700. The lowest BCUT2D eigenvalue weighted by Crippen LogP contribution is -2.42. The molecule has 0 spiro atoms. The Bertz CT molecular complexity index is 174. The van der Waals surface area contributed by atoms with E-state index in [-0.39, 0.29) is 17.0 Å². The first-order valence-corrected chi connectivity index (χ1v) is 4.70. The molecule has 0 aliphatic carbocycles. The van der Waals surface area contributed by atoms with E-state index in [4.69, 9.17) is 5.73 Å². The van der Waals surface area contributed by atoms with E-state index in [1.54, 1.807) is 0 Å². The fraction of sp³-hybridized carbons (Fsp3) is 0.900. The van der Waals surface area contributed by atoms with Gasteiger partial charge in [0.25, 0.3) is 0 Å². The second-order valence-corrected chi connectivity index (χ2v) is 5.29. The summed E-state index contributed by atoms with van der Waals surface area (Å²) in [7, 11) is 0. The fourth-order valence-corrected chi connectivity index (χ4v) is 0.916. The average Bonchev–Trinajstić information content (AvgIpc) is 1.78. The molecule has 0 unspecified atom stereocenters. The van der Waals surface area contributed by atoms with Gasteiger partial charge < -0.3 is 11.1 Å². The summed E-state index contributed by atoms with van der Waals surface area (Å²) >= 11 is 0. The smallest absolute Gasteiger partial charge is 0.220 e. The van der Waals surface area contributed by atoms with Crippen LogP contribution in [0.3, 0.4) is 0 Å². The van der Waals surface area contributed by atoms with Crippen LogP contribution in [0.15, 0.2) is 0 Å². The van der Waals surface area contributed by atoms with Crippen LogP contribution in [0.2, 0.25) is 0 Å². The van der Waals surface area contributed by atoms with E-state index in [0.29, 0.717) is 6.42 Å². The molecule has 0 aromatic heterocycles. The summed E-state index contributed by atoms with van der Waals surface area (Å²) in [6, 6.07) is 0. The van der Waals surface area contributed by atoms with E-state index in [1.807, 2.05) is 34.6 Å². The number of carbonyl (C=O) groups is 1. The summed E-state index contributed by atoms with van der Waals surface area (Å²) in [4.78, 5) is 11.3. The molecule has 0 aromatic rings. The number of rotatable bonds is 3. The van der Waals surface area contributed by atoms with Crippen LogP contribution >= 0.6 is 0 Å². The summed E-state index contributed by atoms with van der Waals surface area (Å²) in [5.74, 6) is 0.0750. The zero-order valence-corrected chi connectivity index (χ0v) is 9.40. The van der Waals surface area contributed by atoms with Gasteiger partial charge in [0.2, 0.25) is 5.91 Å². The van der Waals surface area contributed by atoms with E-state index in [2.05, 4.69) is 5.32 Å². The molecular weight excluding hydrogens is 164 g/mol. The van der Waals surface area contributed by atoms with E-state index < -0.39 is 0 Å². The topological polar surface area (TPSA) is 55.1 Å². The third-order valence-electron chi connectivity index (χ3n) is 1.51. The molecule has 0 fully saturated rings. The van der Waals surface area contributed by atoms with Gasteiger partial charge in [-0.05, 0) is 41.0 Å². The van der Waals surface area contributed by atoms with Gasteiger partial charge in [-0.3, -0.25) is 4.79 Å². The SMILES string of the molecule is CC(C)(N)CCC(=O)NC(C)(C)C. The van der Waals surface area contributed by atoms with Crippen molar-refractivity contribution in [1.29, 1.82) is 0 Å². The number of hydrogen-bond donors (Lipinski definition) is 2. The predicted molar refractivity (Wildman–Crippen MR) is 55.4 cm³/mol. The minimum absolute atomic E-state index is 0.0750. The Kier molecular flexibility index (Phi) is 3.91. The normalized spacial score (nSPS) is 12.8. The molecular formula is C10H22N2O. The Morgan fingerprint density at radius 3 is 2.00 bits per heavy atom. The molecule has 3 N–H and O–H groups in total. The molecule has 13 heavy (non-hydrogen) atoms. The molecule has 3 nitrogen and oxygen atoms in total. The van der Waals surface area contributed by atoms with Crippen LogP contribution in [-0.4, -0.2) is 17.0 Å². The Morgan fingerprint density at radius 2 is 1.69 bits per heavy atom. The van der Waals surface area contributed by atoms with Crippen molar-refractivity contribution in [1.82, 2.24) is 5.32 Å². The maximum Gasteiger partial charge on any atom is 0.220 e. The Balaban J connectivity index is 3.78. The first-order valence-electron chi connectivity index (χ1n) is 4.70. The molecule has 0 atom stereocenters. The van der Waals surface area contributed by atoms with Gasteiger partial charge >= 0.3 is 0 Å². The average molecular weight is 186 g/mol. The van der Waals surface area contributed by atoms with E-state index in [9.17, 15) is 4.79 Å². The summed E-state index contributed by atoms with van der Waals surface area (Å²) in [5, 5.41) is 2.90. The van der Waals surface area contributed by atoms with Gasteiger partial charge in [-0.1, -0.05) is 0 Å². The molecule has 3 heteroatoms. The van der Waals surface area contributed by atoms with E-state index >= 15 is 0 Å². The molecule has 0 aliphatic heterocycles. The molecule has 0 saturated heterocycles. The molecule has 0 radical (unpaired) electrons. The second-order valence-electron chi connectivity index (χ2n) is 5.29. The Morgan fingerprint density at radius 1 is 1.23 bits per heavy atom. The Labute approximate surface area is 81.1 Å². The first kappa shape index (κ1) is 12.4. The monoisotopic (exact) mass is 186 g/mol. The summed E-state index contributed by atoms with van der Waals surface area (Å²) in [5.41, 5.74) is 5.37. The van der Waals surface area contributed by atoms with Crippen LogP contribution in [0.1, 0.15) is 47.5 Å². The van der Waals surface area contributed by atoms with E-state index in [1.165, 1.54) is 0 Å². The highest BCUT2D eigenvalue weighted by Crippen LogP contribution is 2.08. The molecule has 0 bridgehead atoms. The molecule has 78 valence electrons. The molecule has 0 aromatic carbocycles. The van der Waals surface area contributed by atoms with Gasteiger partial charge in [0, 0.05) is 17.5 Å². The van der Waals surface area contributed by atoms with Gasteiger partial charge in [0.1, 0.15) is 0 Å². The van der Waals surface area contributed by atoms with Crippen LogP contribution in [0.4, 0.5) is 0 Å². The van der Waals surface area contributed by atoms with Crippen LogP contribution in [-0.2, 0) is 4.79 Å². The minimum atomic E-state index is -0.255. The van der Waals surface area contributed by atoms with Crippen molar-refractivity contribution in [2.45, 2.75) is 58.5 Å². The van der Waals surface area contributed by atoms with Crippen LogP contribution in [0.25, 0.3) is 0 Å². The van der Waals surface area contributed by atoms with Crippen LogP contribution in [0, 0.1) is 0 Å². The van der Waals surface area contributed by atoms with Gasteiger partial charge in [-0.15, -0.1) is 0 Å². The van der Waals surface area contributed by atoms with Crippen molar-refractivity contribution in [3.05, 3.63) is 0 Å². The minimum Gasteiger partial charge on any atom is -0.352 e. The van der Waals surface area contributed by atoms with Crippen molar-refractivity contribution >= 4 is 5.91 Å². The summed E-state index contributed by atoms with van der Waals surface area (Å²) < 4.78 is 0. The highest BCUT2D eigenvalue weighted by atomic mass is 16.1. The van der Waals surface area contributed by atoms with Crippen LogP contribution < -0.4 is 11.1 Å². The summed E-state index contributed by atoms with van der Waals surface area (Å²) in [6.07, 6.45) is 1.22. The lowest BCUT2D eigenvalue weighted by atomic mass is 9.99. The first-order chi connectivity index (χ1) is 5.60. The fourth-order valence-electron chi connectivity index (χ4n) is 0.916. The van der Waals surface area contributed by atoms with Gasteiger partial charge in [0.05, 0.1) is 0 Å². The number of hydrogen-bond acceptors (Lipinski definition) is 2. The molecule has 0 aliphatic rings. The number of carbonyl (C=O) groups excluding carboxylic acids is 1. The lowest BCUT2D eigenvalue weighted by Gasteiger charge is -2.22. The van der Waals surface area contributed by atoms with E-state index in [0.717, 1.165) is 6.42 Å². The van der Waals surface area contributed by atoms with Crippen LogP contribution in [0.5, 0.6) is 0 Å². The maximum absolute atomic E-state index is 11.3. The van der Waals surface area contributed by atoms with Gasteiger partial charge in [0.15, 0.2) is 0 Å². The number of nitrogens with one attached hydrogen (secondary N) is 1. The highest BCUT2D eigenvalue weighted by molar-refractivity contribution is 5.76. The summed E-state index contributed by atoms with van der Waals surface area (Å²) in [6.45, 7) is 9.77. The van der Waals surface area contributed by atoms with Gasteiger partial charge in [-0.2, -0.15) is 0 Å². The largest absolute Gasteiger partial charge is 0.352 e. The highest BCUT2D eigenvalue weighted by Gasteiger charge is 2.17. The lowest BCUT2D eigenvalue weighted by molar-refractivity contribution is -0.122. The number of nitrogens with two attached hydrogens (primary N) is 1. The zero-order valence-electron chi connectivity index (χ0n) is 9.40. The molecule has 1 amide bonds. The third-order valence-corrected chi connectivity index (χ3v) is 1.51. The van der Waals surface area contributed by atoms with Crippen molar-refractivity contribution < 1.29 is 4.79 Å². The Hall–Kier alpha value is -0.570. The second kappa shape index (κ2) is 4.09. The van der Waals surface area contributed by atoms with Gasteiger partial charge in [-0.25, -0.2) is 0 Å². The standard InChI is InChI=1S/C10H22N2O/c1-9(2,3)12-8(13)6-7-10(4,5)11/h6-7,11H2,1-5H3,(H,12,13). The molecule has 0 heterocycles. The van der Waals surface area contributed by atoms with Crippen molar-refractivity contribution in [2.75, 3.05) is 0 Å². The third kappa shape index (κ3) is 9.34. The predicted octanol–water partition coefficient (Wildman–Crippen LogP) is 1.42. The van der Waals surface area contributed by atoms with Crippen molar-refractivity contribution in [3.63, 3.8) is 0 Å². The van der Waals surface area contributed by atoms with Crippen molar-refractivity contribution in [2.24, 2.45) is 5.73 Å². The van der Waals surface area contributed by atoms with Crippen molar-refractivity contribution in [3.8, 4) is 0 Å². The zero-order chi connectivity index (χ0) is 10.7. The maximum atomic E-state index is 11.3. The molecule has 0 rings (SSSR count). The number of amides is 1. The molecule has 0 saturated carbocycles.